The molecule has 0 radical (unpaired) electrons. The van der Waals surface area contributed by atoms with Crippen LogP contribution in [0.15, 0.2) is 29.4 Å². The summed E-state index contributed by atoms with van der Waals surface area (Å²) in [6.45, 7) is 1.46. The molecule has 110 valence electrons. The van der Waals surface area contributed by atoms with Crippen LogP contribution < -0.4 is 0 Å². The number of nitrogens with zero attached hydrogens (tertiary/aromatic N) is 3. The molecule has 0 saturated carbocycles. The summed E-state index contributed by atoms with van der Waals surface area (Å²) in [5.74, 6) is -1.13. The number of azide groups is 1. The van der Waals surface area contributed by atoms with Crippen molar-refractivity contribution in [3.05, 3.63) is 51.4 Å². The quantitative estimate of drug-likeness (QED) is 0.375. The number of carbonyl (C=O) groups is 2. The van der Waals surface area contributed by atoms with Gasteiger partial charge in [-0.3, -0.25) is 9.59 Å². The number of carbonyl (C=O) groups excluding carboxylic acids is 2. The first kappa shape index (κ1) is 16.4. The largest absolute Gasteiger partial charge is 0.461 e. The minimum absolute atomic E-state index is 0.0878. The highest BCUT2D eigenvalue weighted by molar-refractivity contribution is 5.96. The van der Waals surface area contributed by atoms with Crippen LogP contribution in [0.3, 0.4) is 0 Å². The Kier molecular flexibility index (Phi) is 6.67. The number of esters is 1. The maximum absolute atomic E-state index is 11.7. The van der Waals surface area contributed by atoms with Gasteiger partial charge < -0.3 is 9.84 Å². The van der Waals surface area contributed by atoms with Gasteiger partial charge >= 0.3 is 5.97 Å². The average molecular weight is 289 g/mol. The summed E-state index contributed by atoms with van der Waals surface area (Å²) in [6.07, 6.45) is 3.42. The van der Waals surface area contributed by atoms with E-state index in [1.807, 2.05) is 0 Å². The van der Waals surface area contributed by atoms with Gasteiger partial charge in [-0.25, -0.2) is 0 Å². The van der Waals surface area contributed by atoms with Crippen LogP contribution >= 0.6 is 0 Å². The van der Waals surface area contributed by atoms with Crippen molar-refractivity contribution in [2.45, 2.75) is 20.0 Å². The van der Waals surface area contributed by atoms with Crippen LogP contribution in [0.25, 0.3) is 16.5 Å². The third-order valence-corrected chi connectivity index (χ3v) is 2.59. The molecule has 0 aliphatic heterocycles. The van der Waals surface area contributed by atoms with E-state index in [-0.39, 0.29) is 25.2 Å². The molecule has 0 aliphatic carbocycles. The zero-order valence-corrected chi connectivity index (χ0v) is 11.5. The summed E-state index contributed by atoms with van der Waals surface area (Å²) in [5.41, 5.74) is 9.67. The first-order chi connectivity index (χ1) is 10.1. The Morgan fingerprint density at radius 2 is 2.24 bits per heavy atom. The van der Waals surface area contributed by atoms with E-state index < -0.39 is 11.9 Å². The van der Waals surface area contributed by atoms with Crippen molar-refractivity contribution in [2.24, 2.45) is 5.11 Å². The third kappa shape index (κ3) is 5.10. The molecule has 0 aromatic heterocycles. The van der Waals surface area contributed by atoms with Crippen LogP contribution in [0.1, 0.15) is 34.8 Å². The predicted molar refractivity (Wildman–Crippen MR) is 76.1 cm³/mol. The second-order valence-corrected chi connectivity index (χ2v) is 4.01. The summed E-state index contributed by atoms with van der Waals surface area (Å²) in [4.78, 5) is 25.4. The number of rotatable bonds is 6. The lowest BCUT2D eigenvalue weighted by molar-refractivity contribution is -0.144. The van der Waals surface area contributed by atoms with Gasteiger partial charge in [-0.2, -0.15) is 0 Å². The van der Waals surface area contributed by atoms with Crippen molar-refractivity contribution in [3.8, 4) is 0 Å². The Hall–Kier alpha value is -2.63. The fourth-order valence-electron chi connectivity index (χ4n) is 1.59. The highest BCUT2D eigenvalue weighted by Gasteiger charge is 2.12. The topological polar surface area (TPSA) is 112 Å². The zero-order chi connectivity index (χ0) is 15.7. The molecule has 7 heteroatoms. The SMILES string of the molecule is CCC(=O)OCc1cc(/C=C/CO)ccc1C(=O)N=[N+]=[N-]. The molecular formula is C14H15N3O4. The van der Waals surface area contributed by atoms with Crippen LogP contribution in [-0.2, 0) is 16.1 Å². The summed E-state index contributed by atoms with van der Waals surface area (Å²) in [7, 11) is 0. The van der Waals surface area contributed by atoms with Crippen molar-refractivity contribution >= 4 is 18.0 Å². The molecule has 1 amide bonds. The molecule has 1 aromatic rings. The van der Waals surface area contributed by atoms with E-state index in [0.717, 1.165) is 5.56 Å². The van der Waals surface area contributed by atoms with Gasteiger partial charge in [0.05, 0.1) is 6.61 Å². The molecule has 21 heavy (non-hydrogen) atoms. The van der Waals surface area contributed by atoms with Crippen molar-refractivity contribution in [1.29, 1.82) is 0 Å². The predicted octanol–water partition coefficient (Wildman–Crippen LogP) is 2.60. The van der Waals surface area contributed by atoms with Crippen LogP contribution in [0.5, 0.6) is 0 Å². The van der Waals surface area contributed by atoms with E-state index in [1.165, 1.54) is 12.1 Å². The number of hydrogen-bond donors (Lipinski definition) is 1. The summed E-state index contributed by atoms with van der Waals surface area (Å²) in [5, 5.41) is 11.8. The number of ether oxygens (including phenoxy) is 1. The number of amides is 1. The van der Waals surface area contributed by atoms with Gasteiger partial charge in [-0.1, -0.05) is 31.2 Å². The highest BCUT2D eigenvalue weighted by Crippen LogP contribution is 2.16. The maximum atomic E-state index is 11.7. The van der Waals surface area contributed by atoms with E-state index in [9.17, 15) is 9.59 Å². The van der Waals surface area contributed by atoms with Crippen molar-refractivity contribution in [3.63, 3.8) is 0 Å². The van der Waals surface area contributed by atoms with Crippen LogP contribution in [-0.4, -0.2) is 23.6 Å². The van der Waals surface area contributed by atoms with Crippen LogP contribution in [0, 0.1) is 0 Å². The highest BCUT2D eigenvalue weighted by atomic mass is 16.5. The Morgan fingerprint density at radius 1 is 1.48 bits per heavy atom. The molecule has 0 unspecified atom stereocenters. The molecule has 0 fully saturated rings. The summed E-state index contributed by atoms with van der Waals surface area (Å²) < 4.78 is 5.01. The van der Waals surface area contributed by atoms with E-state index in [4.69, 9.17) is 15.4 Å². The fraction of sp³-hybridized carbons (Fsp3) is 0.286. The summed E-state index contributed by atoms with van der Waals surface area (Å²) >= 11 is 0. The Labute approximate surface area is 121 Å². The van der Waals surface area contributed by atoms with Gasteiger partial charge in [0.1, 0.15) is 6.61 Å². The monoisotopic (exact) mass is 289 g/mol. The first-order valence-electron chi connectivity index (χ1n) is 6.27. The van der Waals surface area contributed by atoms with Gasteiger partial charge in [0.2, 0.25) is 5.91 Å². The number of aliphatic hydroxyl groups excluding tert-OH is 1. The molecule has 0 bridgehead atoms. The molecular weight excluding hydrogens is 274 g/mol. The second kappa shape index (κ2) is 8.52. The molecule has 1 aromatic carbocycles. The molecule has 1 rings (SSSR count). The molecule has 0 spiro atoms. The average Bonchev–Trinajstić information content (AvgIpc) is 2.50. The Bertz CT molecular complexity index is 604. The first-order valence-corrected chi connectivity index (χ1v) is 6.27. The van der Waals surface area contributed by atoms with Crippen LogP contribution in [0.4, 0.5) is 0 Å². The van der Waals surface area contributed by atoms with Gasteiger partial charge in [0, 0.05) is 22.5 Å². The van der Waals surface area contributed by atoms with Crippen molar-refractivity contribution in [2.75, 3.05) is 6.61 Å². The van der Waals surface area contributed by atoms with E-state index in [0.29, 0.717) is 5.56 Å². The molecule has 0 heterocycles. The molecule has 0 atom stereocenters. The van der Waals surface area contributed by atoms with E-state index >= 15 is 0 Å². The van der Waals surface area contributed by atoms with Crippen molar-refractivity contribution in [1.82, 2.24) is 0 Å². The number of hydrogen-bond acceptors (Lipinski definition) is 4. The van der Waals surface area contributed by atoms with Gasteiger partial charge in [-0.05, 0) is 22.3 Å². The standard InChI is InChI=1S/C14H15N3O4/c1-2-13(19)21-9-11-8-10(4-3-7-18)5-6-12(11)14(20)16-17-15/h3-6,8,18H,2,7,9H2,1H3/b4-3+. The fourth-order valence-corrected chi connectivity index (χ4v) is 1.59. The van der Waals surface area contributed by atoms with Crippen LogP contribution in [0.2, 0.25) is 0 Å². The Balaban J connectivity index is 3.11. The lowest BCUT2D eigenvalue weighted by Crippen LogP contribution is -2.07. The smallest absolute Gasteiger partial charge is 0.305 e. The second-order valence-electron chi connectivity index (χ2n) is 4.01. The minimum Gasteiger partial charge on any atom is -0.461 e. The maximum Gasteiger partial charge on any atom is 0.305 e. The minimum atomic E-state index is -0.738. The normalized spacial score (nSPS) is 10.2. The lowest BCUT2D eigenvalue weighted by Gasteiger charge is -2.09. The molecule has 0 aliphatic rings. The van der Waals surface area contributed by atoms with Crippen molar-refractivity contribution < 1.29 is 19.4 Å². The molecule has 7 nitrogen and oxygen atoms in total. The molecule has 0 saturated heterocycles. The Morgan fingerprint density at radius 3 is 2.86 bits per heavy atom. The van der Waals surface area contributed by atoms with E-state index in [1.54, 1.807) is 25.1 Å². The van der Waals surface area contributed by atoms with Gasteiger partial charge in [0.15, 0.2) is 0 Å². The van der Waals surface area contributed by atoms with E-state index in [2.05, 4.69) is 10.0 Å². The number of benzene rings is 1. The number of aliphatic hydroxyl groups is 1. The van der Waals surface area contributed by atoms with Gasteiger partial charge in [0.25, 0.3) is 0 Å². The molecule has 1 N–H and O–H groups in total. The third-order valence-electron chi connectivity index (χ3n) is 2.59. The summed E-state index contributed by atoms with van der Waals surface area (Å²) in [6, 6.07) is 4.76. The lowest BCUT2D eigenvalue weighted by atomic mass is 10.0. The van der Waals surface area contributed by atoms with Gasteiger partial charge in [-0.15, -0.1) is 0 Å². The zero-order valence-electron chi connectivity index (χ0n) is 11.5.